The van der Waals surface area contributed by atoms with Gasteiger partial charge in [-0.15, -0.1) is 0 Å². The predicted molar refractivity (Wildman–Crippen MR) is 81.9 cm³/mol. The van der Waals surface area contributed by atoms with Gasteiger partial charge in [-0.2, -0.15) is 0 Å². The lowest BCUT2D eigenvalue weighted by molar-refractivity contribution is -0.140. The van der Waals surface area contributed by atoms with E-state index in [2.05, 4.69) is 15.9 Å². The van der Waals surface area contributed by atoms with Crippen LogP contribution in [0.2, 0.25) is 0 Å². The van der Waals surface area contributed by atoms with E-state index in [1.807, 2.05) is 0 Å². The minimum Gasteiger partial charge on any atom is -0.481 e. The highest BCUT2D eigenvalue weighted by molar-refractivity contribution is 9.10. The number of carbonyl (C=O) groups excluding carboxylic acids is 3. The molecule has 5 nitrogen and oxygen atoms in total. The molecule has 0 spiro atoms. The fourth-order valence-electron chi connectivity index (χ4n) is 2.70. The second-order valence-corrected chi connectivity index (χ2v) is 6.75. The molecule has 0 amide bonds. The van der Waals surface area contributed by atoms with Crippen molar-refractivity contribution in [2.45, 2.75) is 32.1 Å². The van der Waals surface area contributed by atoms with Crippen LogP contribution in [0.25, 0.3) is 0 Å². The second kappa shape index (κ2) is 5.76. The normalized spacial score (nSPS) is 19.7. The van der Waals surface area contributed by atoms with Crippen molar-refractivity contribution in [1.82, 2.24) is 0 Å². The average Bonchev–Trinajstić information content (AvgIpc) is 2.43. The number of Topliss-reactive ketones (excluding diaryl/α,β-unsaturated/α-hetero) is 3. The molecule has 22 heavy (non-hydrogen) atoms. The van der Waals surface area contributed by atoms with Crippen molar-refractivity contribution in [2.75, 3.05) is 0 Å². The summed E-state index contributed by atoms with van der Waals surface area (Å²) < 4.78 is 0.682. The van der Waals surface area contributed by atoms with Crippen LogP contribution in [-0.4, -0.2) is 28.4 Å². The van der Waals surface area contributed by atoms with Crippen molar-refractivity contribution in [1.29, 1.82) is 0 Å². The summed E-state index contributed by atoms with van der Waals surface area (Å²) >= 11 is 3.28. The third-order valence-corrected chi connectivity index (χ3v) is 4.46. The quantitative estimate of drug-likeness (QED) is 0.827. The molecule has 0 aliphatic heterocycles. The molecular formula is C16H15BrO5. The molecule has 0 fully saturated rings. The van der Waals surface area contributed by atoms with E-state index >= 15 is 0 Å². The highest BCUT2D eigenvalue weighted by atomic mass is 79.9. The van der Waals surface area contributed by atoms with Crippen LogP contribution < -0.4 is 0 Å². The van der Waals surface area contributed by atoms with Crippen molar-refractivity contribution in [3.8, 4) is 0 Å². The Morgan fingerprint density at radius 3 is 2.45 bits per heavy atom. The molecule has 0 aromatic heterocycles. The van der Waals surface area contributed by atoms with Gasteiger partial charge >= 0.3 is 5.97 Å². The van der Waals surface area contributed by atoms with Gasteiger partial charge in [0.25, 0.3) is 0 Å². The van der Waals surface area contributed by atoms with Crippen molar-refractivity contribution in [3.05, 3.63) is 33.8 Å². The Morgan fingerprint density at radius 1 is 1.23 bits per heavy atom. The van der Waals surface area contributed by atoms with Crippen molar-refractivity contribution >= 4 is 39.2 Å². The first-order valence-electron chi connectivity index (χ1n) is 6.79. The maximum absolute atomic E-state index is 12.6. The topological polar surface area (TPSA) is 88.5 Å². The minimum absolute atomic E-state index is 0.323. The summed E-state index contributed by atoms with van der Waals surface area (Å²) in [6.45, 7) is 3.35. The molecule has 1 atom stereocenters. The molecule has 0 saturated carbocycles. The first kappa shape index (κ1) is 16.5. The second-order valence-electron chi connectivity index (χ2n) is 5.84. The van der Waals surface area contributed by atoms with Crippen LogP contribution in [0.15, 0.2) is 22.7 Å². The average molecular weight is 367 g/mol. The van der Waals surface area contributed by atoms with Crippen LogP contribution >= 0.6 is 15.9 Å². The Kier molecular flexibility index (Phi) is 4.33. The maximum atomic E-state index is 12.6. The molecule has 1 aliphatic carbocycles. The Morgan fingerprint density at radius 2 is 1.86 bits per heavy atom. The molecule has 0 bridgehead atoms. The van der Waals surface area contributed by atoms with Crippen LogP contribution in [0.4, 0.5) is 0 Å². The van der Waals surface area contributed by atoms with E-state index in [0.29, 0.717) is 15.6 Å². The van der Waals surface area contributed by atoms with Crippen LogP contribution in [0.3, 0.4) is 0 Å². The van der Waals surface area contributed by atoms with Gasteiger partial charge in [-0.05, 0) is 31.5 Å². The first-order chi connectivity index (χ1) is 10.2. The third kappa shape index (κ3) is 2.75. The van der Waals surface area contributed by atoms with E-state index in [0.717, 1.165) is 0 Å². The van der Waals surface area contributed by atoms with E-state index in [9.17, 15) is 19.2 Å². The van der Waals surface area contributed by atoms with Crippen molar-refractivity contribution in [2.24, 2.45) is 5.92 Å². The number of carbonyl (C=O) groups is 4. The van der Waals surface area contributed by atoms with Gasteiger partial charge in [-0.25, -0.2) is 0 Å². The number of rotatable bonds is 4. The Hall–Kier alpha value is -1.82. The summed E-state index contributed by atoms with van der Waals surface area (Å²) in [4.78, 5) is 47.9. The predicted octanol–water partition coefficient (Wildman–Crippen LogP) is 2.54. The Labute approximate surface area is 135 Å². The van der Waals surface area contributed by atoms with Gasteiger partial charge in [0.1, 0.15) is 5.92 Å². The zero-order valence-corrected chi connectivity index (χ0v) is 13.8. The van der Waals surface area contributed by atoms with Gasteiger partial charge in [0.15, 0.2) is 17.3 Å². The maximum Gasteiger partial charge on any atom is 0.303 e. The summed E-state index contributed by atoms with van der Waals surface area (Å²) in [7, 11) is 0. The molecular weight excluding hydrogens is 352 g/mol. The molecule has 116 valence electrons. The summed E-state index contributed by atoms with van der Waals surface area (Å²) in [5.41, 5.74) is -0.0336. The highest BCUT2D eigenvalue weighted by Crippen LogP contribution is 2.38. The number of aliphatic carboxylic acids is 1. The number of fused-ring (bicyclic) bond motifs is 1. The van der Waals surface area contributed by atoms with Gasteiger partial charge < -0.3 is 5.11 Å². The molecule has 0 radical (unpaired) electrons. The lowest BCUT2D eigenvalue weighted by Crippen LogP contribution is -2.47. The molecule has 6 heteroatoms. The Balaban J connectivity index is 2.46. The fraction of sp³-hybridized carbons (Fsp3) is 0.375. The van der Waals surface area contributed by atoms with Crippen molar-refractivity contribution < 1.29 is 24.3 Å². The van der Waals surface area contributed by atoms with E-state index < -0.39 is 34.7 Å². The molecule has 0 heterocycles. The monoisotopic (exact) mass is 366 g/mol. The van der Waals surface area contributed by atoms with E-state index in [1.54, 1.807) is 32.0 Å². The number of carboxylic acids is 1. The number of hydrogen-bond acceptors (Lipinski definition) is 4. The van der Waals surface area contributed by atoms with E-state index in [4.69, 9.17) is 5.11 Å². The molecule has 1 aliphatic rings. The van der Waals surface area contributed by atoms with Crippen LogP contribution in [0.5, 0.6) is 0 Å². The fourth-order valence-corrected chi connectivity index (χ4v) is 3.06. The zero-order valence-electron chi connectivity index (χ0n) is 12.2. The molecule has 2 rings (SSSR count). The number of benzene rings is 1. The third-order valence-electron chi connectivity index (χ3n) is 3.97. The summed E-state index contributed by atoms with van der Waals surface area (Å²) in [6, 6.07) is 5.05. The molecule has 1 aromatic rings. The standard InChI is InChI=1S/C16H15BrO5/c1-16(2)10-4-3-8(17)7-9(10)14(21)13(15(16)22)11(18)5-6-12(19)20/h3-4,7,13H,5-6H2,1-2H3,(H,19,20). The number of halogens is 1. The first-order valence-corrected chi connectivity index (χ1v) is 7.58. The van der Waals surface area contributed by atoms with Gasteiger partial charge in [0.05, 0.1) is 11.8 Å². The summed E-state index contributed by atoms with van der Waals surface area (Å²) in [5.74, 6) is -4.18. The lowest BCUT2D eigenvalue weighted by atomic mass is 9.65. The summed E-state index contributed by atoms with van der Waals surface area (Å²) in [5, 5.41) is 8.66. The zero-order chi connectivity index (χ0) is 16.7. The molecule has 1 unspecified atom stereocenters. The minimum atomic E-state index is -1.41. The molecule has 1 aromatic carbocycles. The van der Waals surface area contributed by atoms with Gasteiger partial charge in [-0.1, -0.05) is 22.0 Å². The number of carboxylic acid groups (broad SMARTS) is 1. The molecule has 1 N–H and O–H groups in total. The van der Waals surface area contributed by atoms with Crippen LogP contribution in [0, 0.1) is 5.92 Å². The lowest BCUT2D eigenvalue weighted by Gasteiger charge is -2.34. The Bertz CT molecular complexity index is 690. The van der Waals surface area contributed by atoms with Crippen LogP contribution in [-0.2, 0) is 19.8 Å². The highest BCUT2D eigenvalue weighted by Gasteiger charge is 2.48. The van der Waals surface area contributed by atoms with E-state index in [-0.39, 0.29) is 12.8 Å². The van der Waals surface area contributed by atoms with Gasteiger partial charge in [0, 0.05) is 16.5 Å². The van der Waals surface area contributed by atoms with E-state index in [1.165, 1.54) is 0 Å². The smallest absolute Gasteiger partial charge is 0.303 e. The van der Waals surface area contributed by atoms with Gasteiger partial charge in [-0.3, -0.25) is 19.2 Å². The number of hydrogen-bond donors (Lipinski definition) is 1. The van der Waals surface area contributed by atoms with Gasteiger partial charge in [0.2, 0.25) is 0 Å². The summed E-state index contributed by atoms with van der Waals surface area (Å²) in [6.07, 6.45) is -0.710. The largest absolute Gasteiger partial charge is 0.481 e. The molecule has 0 saturated heterocycles. The SMILES string of the molecule is CC1(C)C(=O)C(C(=O)CCC(=O)O)C(=O)c2cc(Br)ccc21. The number of ketones is 3. The van der Waals surface area contributed by atoms with Crippen molar-refractivity contribution in [3.63, 3.8) is 0 Å². The van der Waals surface area contributed by atoms with Crippen LogP contribution in [0.1, 0.15) is 42.6 Å².